The van der Waals surface area contributed by atoms with Crippen molar-refractivity contribution in [2.24, 2.45) is 5.73 Å². The molecule has 1 rings (SSSR count). The van der Waals surface area contributed by atoms with Crippen LogP contribution in [0.1, 0.15) is 19.3 Å². The Hall–Kier alpha value is -2.16. The number of unbranched alkanes of at least 4 members (excludes halogenated alkanes) is 2. The van der Waals surface area contributed by atoms with Gasteiger partial charge in [0, 0.05) is 6.54 Å². The second-order valence-corrected chi connectivity index (χ2v) is 3.68. The van der Waals surface area contributed by atoms with Gasteiger partial charge in [0.05, 0.1) is 4.92 Å². The molecule has 1 heterocycles. The number of hydrogen-bond acceptors (Lipinski definition) is 7. The minimum atomic E-state index is -0.864. The number of aromatic amines is 1. The Morgan fingerprint density at radius 3 is 2.72 bits per heavy atom. The number of hydrogen-bond donors (Lipinski definition) is 4. The van der Waals surface area contributed by atoms with Gasteiger partial charge in [-0.2, -0.15) is 4.98 Å². The van der Waals surface area contributed by atoms with Crippen LogP contribution in [0.2, 0.25) is 0 Å². The van der Waals surface area contributed by atoms with E-state index in [-0.39, 0.29) is 11.8 Å². The van der Waals surface area contributed by atoms with Crippen LogP contribution in [-0.4, -0.2) is 28.0 Å². The monoisotopic (exact) mass is 256 g/mol. The highest BCUT2D eigenvalue weighted by Gasteiger charge is 2.21. The summed E-state index contributed by atoms with van der Waals surface area (Å²) >= 11 is 0. The molecule has 0 atom stereocenters. The third-order valence-electron chi connectivity index (χ3n) is 2.27. The predicted molar refractivity (Wildman–Crippen MR) is 67.3 cm³/mol. The average Bonchev–Trinajstić information content (AvgIpc) is 2.27. The molecule has 0 aromatic carbocycles. The fraction of sp³-hybridized carbons (Fsp3) is 0.556. The van der Waals surface area contributed by atoms with Gasteiger partial charge in [-0.3, -0.25) is 19.9 Å². The van der Waals surface area contributed by atoms with Gasteiger partial charge in [0.15, 0.2) is 0 Å². The van der Waals surface area contributed by atoms with Crippen molar-refractivity contribution >= 4 is 17.5 Å². The molecule has 9 nitrogen and oxygen atoms in total. The van der Waals surface area contributed by atoms with Crippen LogP contribution < -0.4 is 22.3 Å². The van der Waals surface area contributed by atoms with E-state index in [9.17, 15) is 14.9 Å². The Morgan fingerprint density at radius 2 is 2.11 bits per heavy atom. The van der Waals surface area contributed by atoms with Crippen LogP contribution in [0.4, 0.5) is 17.5 Å². The zero-order valence-corrected chi connectivity index (χ0v) is 9.81. The summed E-state index contributed by atoms with van der Waals surface area (Å²) in [7, 11) is 0. The summed E-state index contributed by atoms with van der Waals surface area (Å²) in [6.45, 7) is 1.08. The number of anilines is 2. The highest BCUT2D eigenvalue weighted by Crippen LogP contribution is 2.16. The molecule has 0 bridgehead atoms. The van der Waals surface area contributed by atoms with Gasteiger partial charge in [-0.05, 0) is 19.4 Å². The van der Waals surface area contributed by atoms with E-state index >= 15 is 0 Å². The first-order valence-corrected chi connectivity index (χ1v) is 5.54. The molecule has 1 aromatic rings. The normalized spacial score (nSPS) is 10.3. The third kappa shape index (κ3) is 3.70. The van der Waals surface area contributed by atoms with Crippen molar-refractivity contribution in [3.05, 3.63) is 20.5 Å². The van der Waals surface area contributed by atoms with Gasteiger partial charge in [0.2, 0.25) is 11.8 Å². The van der Waals surface area contributed by atoms with Crippen LogP contribution in [0.15, 0.2) is 4.79 Å². The van der Waals surface area contributed by atoms with E-state index in [1.807, 2.05) is 0 Å². The number of H-pyrrole nitrogens is 1. The summed E-state index contributed by atoms with van der Waals surface area (Å²) < 4.78 is 0. The molecule has 0 aliphatic heterocycles. The molecule has 0 aliphatic carbocycles. The van der Waals surface area contributed by atoms with Crippen molar-refractivity contribution in [3.8, 4) is 0 Å². The molecule has 0 spiro atoms. The van der Waals surface area contributed by atoms with Crippen molar-refractivity contribution in [2.75, 3.05) is 24.1 Å². The van der Waals surface area contributed by atoms with Crippen LogP contribution in [0.5, 0.6) is 0 Å². The molecule has 18 heavy (non-hydrogen) atoms. The second-order valence-electron chi connectivity index (χ2n) is 3.68. The highest BCUT2D eigenvalue weighted by molar-refractivity contribution is 5.56. The number of aromatic nitrogens is 2. The third-order valence-corrected chi connectivity index (χ3v) is 2.27. The summed E-state index contributed by atoms with van der Waals surface area (Å²) in [6, 6.07) is 0. The maximum absolute atomic E-state index is 11.4. The first kappa shape index (κ1) is 13.9. The molecular weight excluding hydrogens is 240 g/mol. The highest BCUT2D eigenvalue weighted by atomic mass is 16.6. The standard InChI is InChI=1S/C9H16N6O3/c10-4-2-1-3-5-12-7-6(15(17)18)8(16)14-9(11)13-7/h1-5,10H2,(H4,11,12,13,14,16). The predicted octanol–water partition coefficient (Wildman–Crippen LogP) is -0.199. The van der Waals surface area contributed by atoms with Crippen LogP contribution in [-0.2, 0) is 0 Å². The molecule has 0 amide bonds. The van der Waals surface area contributed by atoms with Gasteiger partial charge in [0.25, 0.3) is 0 Å². The van der Waals surface area contributed by atoms with Crippen molar-refractivity contribution < 1.29 is 4.92 Å². The summed E-state index contributed by atoms with van der Waals surface area (Å²) in [5.41, 5.74) is 9.19. The number of nitrogens with zero attached hydrogens (tertiary/aromatic N) is 2. The van der Waals surface area contributed by atoms with E-state index in [1.54, 1.807) is 0 Å². The Morgan fingerprint density at radius 1 is 1.39 bits per heavy atom. The number of nitrogens with one attached hydrogen (secondary N) is 2. The van der Waals surface area contributed by atoms with Gasteiger partial charge in [-0.15, -0.1) is 0 Å². The van der Waals surface area contributed by atoms with E-state index in [4.69, 9.17) is 11.5 Å². The van der Waals surface area contributed by atoms with E-state index in [0.29, 0.717) is 13.1 Å². The molecule has 9 heteroatoms. The lowest BCUT2D eigenvalue weighted by molar-refractivity contribution is -0.385. The van der Waals surface area contributed by atoms with Crippen molar-refractivity contribution in [3.63, 3.8) is 0 Å². The van der Waals surface area contributed by atoms with Crippen molar-refractivity contribution in [1.82, 2.24) is 9.97 Å². The summed E-state index contributed by atoms with van der Waals surface area (Å²) in [5, 5.41) is 13.5. The molecular formula is C9H16N6O3. The van der Waals surface area contributed by atoms with Crippen molar-refractivity contribution in [1.29, 1.82) is 0 Å². The lowest BCUT2D eigenvalue weighted by Gasteiger charge is -2.05. The zero-order valence-electron chi connectivity index (χ0n) is 9.81. The lowest BCUT2D eigenvalue weighted by atomic mass is 10.2. The fourth-order valence-corrected chi connectivity index (χ4v) is 1.43. The summed E-state index contributed by atoms with van der Waals surface area (Å²) in [4.78, 5) is 27.1. The van der Waals surface area contributed by atoms with E-state index in [1.165, 1.54) is 0 Å². The zero-order chi connectivity index (χ0) is 13.5. The maximum atomic E-state index is 11.4. The Bertz CT molecular complexity index is 472. The molecule has 0 saturated carbocycles. The quantitative estimate of drug-likeness (QED) is 0.299. The van der Waals surface area contributed by atoms with Crippen LogP contribution in [0.3, 0.4) is 0 Å². The lowest BCUT2D eigenvalue weighted by Crippen LogP contribution is -2.19. The van der Waals surface area contributed by atoms with Gasteiger partial charge in [-0.1, -0.05) is 6.42 Å². The van der Waals surface area contributed by atoms with Gasteiger partial charge >= 0.3 is 11.2 Å². The first-order valence-electron chi connectivity index (χ1n) is 5.54. The van der Waals surface area contributed by atoms with E-state index in [2.05, 4.69) is 15.3 Å². The van der Waals surface area contributed by atoms with Gasteiger partial charge in [-0.25, -0.2) is 0 Å². The van der Waals surface area contributed by atoms with Gasteiger partial charge in [0.1, 0.15) is 0 Å². The maximum Gasteiger partial charge on any atom is 0.375 e. The molecule has 0 aliphatic rings. The fourth-order valence-electron chi connectivity index (χ4n) is 1.43. The largest absolute Gasteiger partial charge is 0.375 e. The van der Waals surface area contributed by atoms with Crippen LogP contribution >= 0.6 is 0 Å². The second kappa shape index (κ2) is 6.55. The Labute approximate surface area is 103 Å². The number of nitrogen functional groups attached to an aromatic ring is 1. The first-order chi connectivity index (χ1) is 8.56. The van der Waals surface area contributed by atoms with Gasteiger partial charge < -0.3 is 16.8 Å². The smallest absolute Gasteiger partial charge is 0.369 e. The minimum absolute atomic E-state index is 0.103. The topological polar surface area (TPSA) is 153 Å². The molecule has 100 valence electrons. The van der Waals surface area contributed by atoms with Crippen molar-refractivity contribution in [2.45, 2.75) is 19.3 Å². The van der Waals surface area contributed by atoms with E-state index in [0.717, 1.165) is 19.3 Å². The molecule has 0 radical (unpaired) electrons. The number of nitro groups is 1. The summed E-state index contributed by atoms with van der Waals surface area (Å²) in [6.07, 6.45) is 2.56. The Kier molecular flexibility index (Phi) is 5.06. The molecule has 1 aromatic heterocycles. The average molecular weight is 256 g/mol. The van der Waals surface area contributed by atoms with Crippen LogP contribution in [0.25, 0.3) is 0 Å². The minimum Gasteiger partial charge on any atom is -0.369 e. The Balaban J connectivity index is 2.75. The number of nitrogens with two attached hydrogens (primary N) is 2. The molecule has 6 N–H and O–H groups in total. The van der Waals surface area contributed by atoms with E-state index < -0.39 is 16.2 Å². The van der Waals surface area contributed by atoms with Crippen LogP contribution in [0, 0.1) is 10.1 Å². The molecule has 0 unspecified atom stereocenters. The molecule has 0 fully saturated rings. The SMILES string of the molecule is NCCCCCNc1nc(N)[nH]c(=O)c1[N+](=O)[O-]. The number of rotatable bonds is 7. The molecule has 0 saturated heterocycles. The summed E-state index contributed by atoms with van der Waals surface area (Å²) in [5.74, 6) is -0.260.